The van der Waals surface area contributed by atoms with Crippen LogP contribution in [0.25, 0.3) is 0 Å². The van der Waals surface area contributed by atoms with Gasteiger partial charge in [-0.3, -0.25) is 0 Å². The minimum atomic E-state index is 0.757. The Morgan fingerprint density at radius 3 is 1.67 bits per heavy atom. The molecule has 0 rings (SSSR count). The Morgan fingerprint density at radius 1 is 0.611 bits per heavy atom. The monoisotopic (exact) mass is 257 g/mol. The van der Waals surface area contributed by atoms with E-state index < -0.39 is 0 Å². The van der Waals surface area contributed by atoms with Crippen LogP contribution < -0.4 is 0 Å². The van der Waals surface area contributed by atoms with Crippen LogP contribution in [-0.2, 0) is 9.47 Å². The summed E-state index contributed by atoms with van der Waals surface area (Å²) < 4.78 is 11.0. The molecule has 0 aromatic rings. The van der Waals surface area contributed by atoms with Crippen LogP contribution in [0.1, 0.15) is 71.1 Å². The molecule has 0 aromatic heterocycles. The molecule has 18 heavy (non-hydrogen) atoms. The van der Waals surface area contributed by atoms with Gasteiger partial charge in [0.15, 0.2) is 0 Å². The average molecular weight is 257 g/mol. The molecule has 0 spiro atoms. The Kier molecular flexibility index (Phi) is 16.8. The Bertz CT molecular complexity index is 121. The lowest BCUT2D eigenvalue weighted by Gasteiger charge is -2.05. The molecule has 0 bridgehead atoms. The van der Waals surface area contributed by atoms with Crippen LogP contribution in [0.15, 0.2) is 0 Å². The molecule has 0 N–H and O–H groups in total. The maximum atomic E-state index is 5.53. The molecule has 0 saturated carbocycles. The fraction of sp³-hybridized carbons (Fsp3) is 0.938. The van der Waals surface area contributed by atoms with Crippen molar-refractivity contribution in [2.24, 2.45) is 0 Å². The van der Waals surface area contributed by atoms with Crippen molar-refractivity contribution in [1.82, 2.24) is 0 Å². The smallest absolute Gasteiger partial charge is 0.0700 e. The Balaban J connectivity index is 2.86. The zero-order valence-corrected chi connectivity index (χ0v) is 12.4. The molecule has 2 heteroatoms. The van der Waals surface area contributed by atoms with Gasteiger partial charge < -0.3 is 9.47 Å². The van der Waals surface area contributed by atoms with E-state index in [0.29, 0.717) is 0 Å². The number of rotatable bonds is 15. The highest BCUT2D eigenvalue weighted by molar-refractivity contribution is 4.46. The van der Waals surface area contributed by atoms with Gasteiger partial charge >= 0.3 is 0 Å². The molecule has 2 nitrogen and oxygen atoms in total. The van der Waals surface area contributed by atoms with Crippen molar-refractivity contribution in [2.75, 3.05) is 26.4 Å². The van der Waals surface area contributed by atoms with Crippen molar-refractivity contribution in [3.63, 3.8) is 0 Å². The summed E-state index contributed by atoms with van der Waals surface area (Å²) in [7, 11) is 0. The summed E-state index contributed by atoms with van der Waals surface area (Å²) in [4.78, 5) is 0. The molecule has 0 fully saturated rings. The zero-order chi connectivity index (χ0) is 13.3. The molecular formula is C16H33O2. The summed E-state index contributed by atoms with van der Waals surface area (Å²) >= 11 is 0. The van der Waals surface area contributed by atoms with Crippen LogP contribution in [0.5, 0.6) is 0 Å². The molecule has 0 amide bonds. The Hall–Kier alpha value is -0.0800. The van der Waals surface area contributed by atoms with Crippen molar-refractivity contribution >= 4 is 0 Å². The van der Waals surface area contributed by atoms with Crippen LogP contribution in [0.2, 0.25) is 0 Å². The third-order valence-electron chi connectivity index (χ3n) is 3.05. The van der Waals surface area contributed by atoms with Crippen LogP contribution in [-0.4, -0.2) is 26.4 Å². The minimum absolute atomic E-state index is 0.757. The van der Waals surface area contributed by atoms with Crippen LogP contribution in [0, 0.1) is 6.92 Å². The fourth-order valence-corrected chi connectivity index (χ4v) is 1.86. The zero-order valence-electron chi connectivity index (χ0n) is 12.4. The summed E-state index contributed by atoms with van der Waals surface area (Å²) in [5.41, 5.74) is 0. The van der Waals surface area contributed by atoms with E-state index in [1.54, 1.807) is 0 Å². The SMILES string of the molecule is [CH2]CCCCCCCOCCOCCCCCC. The van der Waals surface area contributed by atoms with E-state index >= 15 is 0 Å². The number of ether oxygens (including phenoxy) is 2. The summed E-state index contributed by atoms with van der Waals surface area (Å²) in [6, 6.07) is 0. The third-order valence-corrected chi connectivity index (χ3v) is 3.05. The van der Waals surface area contributed by atoms with Crippen molar-refractivity contribution < 1.29 is 9.47 Å². The quantitative estimate of drug-likeness (QED) is 0.393. The number of hydrogen-bond acceptors (Lipinski definition) is 2. The van der Waals surface area contributed by atoms with E-state index in [2.05, 4.69) is 13.8 Å². The Morgan fingerprint density at radius 2 is 1.11 bits per heavy atom. The normalized spacial score (nSPS) is 11.0. The number of unbranched alkanes of at least 4 members (excludes halogenated alkanes) is 8. The van der Waals surface area contributed by atoms with Gasteiger partial charge in [0.25, 0.3) is 0 Å². The predicted octanol–water partition coefficient (Wildman–Crippen LogP) is 4.77. The number of hydrogen-bond donors (Lipinski definition) is 0. The largest absolute Gasteiger partial charge is 0.379 e. The van der Waals surface area contributed by atoms with E-state index in [-0.39, 0.29) is 0 Å². The molecule has 0 aliphatic rings. The molecule has 0 unspecified atom stereocenters. The summed E-state index contributed by atoms with van der Waals surface area (Å²) in [5.74, 6) is 0. The molecule has 0 aliphatic carbocycles. The van der Waals surface area contributed by atoms with Crippen LogP contribution in [0.4, 0.5) is 0 Å². The molecule has 1 radical (unpaired) electrons. The first kappa shape index (κ1) is 17.9. The van der Waals surface area contributed by atoms with E-state index in [9.17, 15) is 0 Å². The van der Waals surface area contributed by atoms with E-state index in [0.717, 1.165) is 32.8 Å². The van der Waals surface area contributed by atoms with Gasteiger partial charge in [-0.1, -0.05) is 65.2 Å². The summed E-state index contributed by atoms with van der Waals surface area (Å²) in [6.07, 6.45) is 12.6. The Labute approximate surface area is 114 Å². The highest BCUT2D eigenvalue weighted by Crippen LogP contribution is 2.04. The topological polar surface area (TPSA) is 18.5 Å². The second kappa shape index (κ2) is 16.9. The van der Waals surface area contributed by atoms with Gasteiger partial charge in [0.05, 0.1) is 13.2 Å². The van der Waals surface area contributed by atoms with Gasteiger partial charge in [-0.2, -0.15) is 0 Å². The first-order valence-corrected chi connectivity index (χ1v) is 7.86. The minimum Gasteiger partial charge on any atom is -0.379 e. The molecule has 0 aliphatic heterocycles. The molecule has 109 valence electrons. The van der Waals surface area contributed by atoms with E-state index in [1.165, 1.54) is 57.8 Å². The van der Waals surface area contributed by atoms with E-state index in [4.69, 9.17) is 9.47 Å². The van der Waals surface area contributed by atoms with Crippen molar-refractivity contribution in [2.45, 2.75) is 71.1 Å². The predicted molar refractivity (Wildman–Crippen MR) is 78.8 cm³/mol. The molecular weight excluding hydrogens is 224 g/mol. The lowest BCUT2D eigenvalue weighted by molar-refractivity contribution is 0.0449. The molecule has 0 aromatic carbocycles. The highest BCUT2D eigenvalue weighted by Gasteiger charge is 1.92. The summed E-state index contributed by atoms with van der Waals surface area (Å²) in [5, 5.41) is 0. The van der Waals surface area contributed by atoms with Crippen molar-refractivity contribution in [3.8, 4) is 0 Å². The molecule has 0 saturated heterocycles. The van der Waals surface area contributed by atoms with Crippen LogP contribution in [0.3, 0.4) is 0 Å². The van der Waals surface area contributed by atoms with Crippen molar-refractivity contribution in [1.29, 1.82) is 0 Å². The van der Waals surface area contributed by atoms with Gasteiger partial charge in [0.1, 0.15) is 0 Å². The first-order chi connectivity index (χ1) is 8.91. The standard InChI is InChI=1S/C16H33O2/c1-3-5-7-9-10-12-14-18-16-15-17-13-11-8-6-4-2/h1,3-16H2,2H3. The maximum Gasteiger partial charge on any atom is 0.0700 e. The third kappa shape index (κ3) is 15.9. The van der Waals surface area contributed by atoms with Gasteiger partial charge in [-0.05, 0) is 12.8 Å². The molecule has 0 atom stereocenters. The lowest BCUT2D eigenvalue weighted by Crippen LogP contribution is -2.06. The van der Waals surface area contributed by atoms with Gasteiger partial charge in [-0.15, -0.1) is 0 Å². The lowest BCUT2D eigenvalue weighted by atomic mass is 10.1. The van der Waals surface area contributed by atoms with Crippen molar-refractivity contribution in [3.05, 3.63) is 6.92 Å². The van der Waals surface area contributed by atoms with Crippen LogP contribution >= 0.6 is 0 Å². The molecule has 0 heterocycles. The van der Waals surface area contributed by atoms with E-state index in [1.807, 2.05) is 0 Å². The van der Waals surface area contributed by atoms with Gasteiger partial charge in [0.2, 0.25) is 0 Å². The first-order valence-electron chi connectivity index (χ1n) is 7.86. The average Bonchev–Trinajstić information content (AvgIpc) is 2.39. The van der Waals surface area contributed by atoms with Gasteiger partial charge in [-0.25, -0.2) is 0 Å². The summed E-state index contributed by atoms with van der Waals surface area (Å²) in [6.45, 7) is 9.38. The second-order valence-electron chi connectivity index (χ2n) is 4.91. The second-order valence-corrected chi connectivity index (χ2v) is 4.91. The maximum absolute atomic E-state index is 5.53. The van der Waals surface area contributed by atoms with Gasteiger partial charge in [0, 0.05) is 13.2 Å². The highest BCUT2D eigenvalue weighted by atomic mass is 16.5. The fourth-order valence-electron chi connectivity index (χ4n) is 1.86.